The molecule has 80 valence electrons. The van der Waals surface area contributed by atoms with E-state index >= 15 is 0 Å². The SMILES string of the molecule is CC1COC(CO)CN1CCN=[N+]=[N-]. The first-order valence-corrected chi connectivity index (χ1v) is 4.75. The smallest absolute Gasteiger partial charge is 0.0933 e. The summed E-state index contributed by atoms with van der Waals surface area (Å²) in [4.78, 5) is 4.87. The molecule has 0 spiro atoms. The molecule has 0 amide bonds. The molecule has 0 radical (unpaired) electrons. The van der Waals surface area contributed by atoms with Gasteiger partial charge in [-0.15, -0.1) is 0 Å². The molecule has 1 rings (SSSR count). The van der Waals surface area contributed by atoms with Gasteiger partial charge in [0.15, 0.2) is 0 Å². The van der Waals surface area contributed by atoms with E-state index in [-0.39, 0.29) is 12.7 Å². The van der Waals surface area contributed by atoms with Crippen molar-refractivity contribution in [2.24, 2.45) is 5.11 Å². The lowest BCUT2D eigenvalue weighted by Gasteiger charge is -2.37. The van der Waals surface area contributed by atoms with Gasteiger partial charge in [0.05, 0.1) is 19.3 Å². The topological polar surface area (TPSA) is 81.5 Å². The van der Waals surface area contributed by atoms with Gasteiger partial charge in [-0.25, -0.2) is 0 Å². The third-order valence-electron chi connectivity index (χ3n) is 2.39. The molecule has 0 bridgehead atoms. The monoisotopic (exact) mass is 200 g/mol. The summed E-state index contributed by atoms with van der Waals surface area (Å²) in [5, 5.41) is 12.4. The lowest BCUT2D eigenvalue weighted by Crippen LogP contribution is -2.50. The van der Waals surface area contributed by atoms with Gasteiger partial charge in [0, 0.05) is 30.6 Å². The number of ether oxygens (including phenoxy) is 1. The van der Waals surface area contributed by atoms with Crippen LogP contribution in [0.15, 0.2) is 5.11 Å². The molecule has 1 heterocycles. The number of azide groups is 1. The van der Waals surface area contributed by atoms with Crippen molar-refractivity contribution in [3.05, 3.63) is 10.4 Å². The summed E-state index contributed by atoms with van der Waals surface area (Å²) in [6.07, 6.45) is -0.0998. The quantitative estimate of drug-likeness (QED) is 0.404. The molecule has 1 fully saturated rings. The Labute approximate surface area is 83.1 Å². The molecule has 6 heteroatoms. The van der Waals surface area contributed by atoms with E-state index in [1.807, 2.05) is 0 Å². The molecule has 6 nitrogen and oxygen atoms in total. The van der Waals surface area contributed by atoms with Gasteiger partial charge < -0.3 is 9.84 Å². The molecule has 1 saturated heterocycles. The summed E-state index contributed by atoms with van der Waals surface area (Å²) in [7, 11) is 0. The summed E-state index contributed by atoms with van der Waals surface area (Å²) in [6, 6.07) is 0.326. The minimum atomic E-state index is -0.0998. The molecule has 0 aromatic carbocycles. The fourth-order valence-corrected chi connectivity index (χ4v) is 1.51. The van der Waals surface area contributed by atoms with Gasteiger partial charge in [0.1, 0.15) is 0 Å². The molecular formula is C8H16N4O2. The van der Waals surface area contributed by atoms with Gasteiger partial charge in [-0.3, -0.25) is 4.90 Å². The van der Waals surface area contributed by atoms with Gasteiger partial charge >= 0.3 is 0 Å². The van der Waals surface area contributed by atoms with Crippen LogP contribution in [0.4, 0.5) is 0 Å². The summed E-state index contributed by atoms with van der Waals surface area (Å²) in [5.41, 5.74) is 8.13. The van der Waals surface area contributed by atoms with Crippen LogP contribution in [0, 0.1) is 0 Å². The van der Waals surface area contributed by atoms with E-state index in [9.17, 15) is 0 Å². The van der Waals surface area contributed by atoms with Crippen molar-refractivity contribution in [3.8, 4) is 0 Å². The Morgan fingerprint density at radius 1 is 1.71 bits per heavy atom. The lowest BCUT2D eigenvalue weighted by molar-refractivity contribution is -0.0766. The molecule has 0 aliphatic carbocycles. The molecule has 1 aliphatic heterocycles. The number of aliphatic hydroxyl groups excluding tert-OH is 1. The maximum absolute atomic E-state index is 8.93. The second-order valence-electron chi connectivity index (χ2n) is 3.44. The Kier molecular flexibility index (Phi) is 4.69. The Hall–Kier alpha value is -0.810. The molecule has 0 aromatic heterocycles. The molecule has 2 unspecified atom stereocenters. The van der Waals surface area contributed by atoms with E-state index in [4.69, 9.17) is 15.4 Å². The van der Waals surface area contributed by atoms with Gasteiger partial charge in [0.25, 0.3) is 0 Å². The van der Waals surface area contributed by atoms with Crippen molar-refractivity contribution >= 4 is 0 Å². The summed E-state index contributed by atoms with van der Waals surface area (Å²) < 4.78 is 5.38. The van der Waals surface area contributed by atoms with Crippen LogP contribution in [0.25, 0.3) is 10.4 Å². The minimum absolute atomic E-state index is 0.0464. The van der Waals surface area contributed by atoms with E-state index in [0.717, 1.165) is 6.54 Å². The van der Waals surface area contributed by atoms with Crippen LogP contribution in [0.5, 0.6) is 0 Å². The van der Waals surface area contributed by atoms with Crippen LogP contribution in [-0.4, -0.2) is 55.0 Å². The van der Waals surface area contributed by atoms with Gasteiger partial charge in [0.2, 0.25) is 0 Å². The highest BCUT2D eigenvalue weighted by molar-refractivity contribution is 4.77. The van der Waals surface area contributed by atoms with Crippen LogP contribution in [0.2, 0.25) is 0 Å². The molecule has 0 saturated carbocycles. The number of hydrogen-bond acceptors (Lipinski definition) is 4. The second kappa shape index (κ2) is 5.82. The molecule has 2 atom stereocenters. The summed E-state index contributed by atoms with van der Waals surface area (Å²) in [6.45, 7) is 4.64. The normalized spacial score (nSPS) is 28.4. The van der Waals surface area contributed by atoms with Gasteiger partial charge in [-0.2, -0.15) is 0 Å². The van der Waals surface area contributed by atoms with Crippen molar-refractivity contribution in [1.29, 1.82) is 0 Å². The number of morpholine rings is 1. The number of rotatable bonds is 4. The maximum atomic E-state index is 8.93. The van der Waals surface area contributed by atoms with Crippen molar-refractivity contribution < 1.29 is 9.84 Å². The molecule has 1 N–H and O–H groups in total. The van der Waals surface area contributed by atoms with E-state index in [1.165, 1.54) is 0 Å². The van der Waals surface area contributed by atoms with E-state index in [2.05, 4.69) is 21.8 Å². The Bertz CT molecular complexity index is 217. The third-order valence-corrected chi connectivity index (χ3v) is 2.39. The number of nitrogens with zero attached hydrogens (tertiary/aromatic N) is 4. The van der Waals surface area contributed by atoms with E-state index < -0.39 is 0 Å². The number of hydrogen-bond donors (Lipinski definition) is 1. The zero-order valence-electron chi connectivity index (χ0n) is 8.33. The fourth-order valence-electron chi connectivity index (χ4n) is 1.51. The Balaban J connectivity index is 2.35. The standard InChI is InChI=1S/C8H16N4O2/c1-7-6-14-8(5-13)4-12(7)3-2-10-11-9/h7-8,13H,2-6H2,1H3. The minimum Gasteiger partial charge on any atom is -0.394 e. The van der Waals surface area contributed by atoms with Crippen molar-refractivity contribution in [3.63, 3.8) is 0 Å². The Morgan fingerprint density at radius 2 is 2.50 bits per heavy atom. The highest BCUT2D eigenvalue weighted by atomic mass is 16.5. The van der Waals surface area contributed by atoms with Gasteiger partial charge in [-0.05, 0) is 12.5 Å². The number of aliphatic hydroxyl groups is 1. The zero-order chi connectivity index (χ0) is 10.4. The molecule has 1 aliphatic rings. The highest BCUT2D eigenvalue weighted by Gasteiger charge is 2.24. The largest absolute Gasteiger partial charge is 0.394 e. The first-order chi connectivity index (χ1) is 6.77. The first-order valence-electron chi connectivity index (χ1n) is 4.75. The average Bonchev–Trinajstić information content (AvgIpc) is 2.21. The lowest BCUT2D eigenvalue weighted by atomic mass is 10.2. The van der Waals surface area contributed by atoms with Gasteiger partial charge in [-0.1, -0.05) is 5.11 Å². The molecular weight excluding hydrogens is 184 g/mol. The summed E-state index contributed by atoms with van der Waals surface area (Å²) >= 11 is 0. The predicted molar refractivity (Wildman–Crippen MR) is 51.9 cm³/mol. The molecule has 0 aromatic rings. The average molecular weight is 200 g/mol. The van der Waals surface area contributed by atoms with Crippen LogP contribution < -0.4 is 0 Å². The fraction of sp³-hybridized carbons (Fsp3) is 1.00. The van der Waals surface area contributed by atoms with Crippen molar-refractivity contribution in [2.45, 2.75) is 19.1 Å². The second-order valence-corrected chi connectivity index (χ2v) is 3.44. The van der Waals surface area contributed by atoms with Crippen LogP contribution in [-0.2, 0) is 4.74 Å². The summed E-state index contributed by atoms with van der Waals surface area (Å²) in [5.74, 6) is 0. The van der Waals surface area contributed by atoms with Crippen molar-refractivity contribution in [1.82, 2.24) is 4.90 Å². The van der Waals surface area contributed by atoms with E-state index in [1.54, 1.807) is 0 Å². The van der Waals surface area contributed by atoms with E-state index in [0.29, 0.717) is 25.7 Å². The highest BCUT2D eigenvalue weighted by Crippen LogP contribution is 2.10. The maximum Gasteiger partial charge on any atom is 0.0933 e. The van der Waals surface area contributed by atoms with Crippen LogP contribution in [0.3, 0.4) is 0 Å². The zero-order valence-corrected chi connectivity index (χ0v) is 8.33. The van der Waals surface area contributed by atoms with Crippen LogP contribution in [0.1, 0.15) is 6.92 Å². The third kappa shape index (κ3) is 3.16. The predicted octanol–water partition coefficient (Wildman–Crippen LogP) is 0.378. The molecule has 14 heavy (non-hydrogen) atoms. The van der Waals surface area contributed by atoms with Crippen LogP contribution >= 0.6 is 0 Å². The van der Waals surface area contributed by atoms with Crippen molar-refractivity contribution in [2.75, 3.05) is 32.8 Å². The Morgan fingerprint density at radius 3 is 3.14 bits per heavy atom. The first kappa shape index (κ1) is 11.3.